The van der Waals surface area contributed by atoms with Crippen LogP contribution in [0.2, 0.25) is 0 Å². The molecular weight excluding hydrogens is 359 g/mol. The third-order valence-corrected chi connectivity index (χ3v) is 5.13. The van der Waals surface area contributed by atoms with Gasteiger partial charge in [0.15, 0.2) is 5.96 Å². The molecule has 6 nitrogen and oxygen atoms in total. The Hall–Kier alpha value is -1.70. The molecule has 1 fully saturated rings. The third-order valence-electron chi connectivity index (χ3n) is 5.13. The van der Waals surface area contributed by atoms with Crippen molar-refractivity contribution >= 4 is 5.96 Å². The summed E-state index contributed by atoms with van der Waals surface area (Å²) < 4.78 is 24.2. The topological polar surface area (TPSA) is 49.3 Å². The zero-order valence-corrected chi connectivity index (χ0v) is 17.7. The van der Waals surface area contributed by atoms with Gasteiger partial charge in [0.25, 0.3) is 0 Å². The molecule has 0 aromatic heterocycles. The van der Waals surface area contributed by atoms with Crippen molar-refractivity contribution in [1.82, 2.24) is 15.1 Å². The van der Waals surface area contributed by atoms with Gasteiger partial charge in [-0.2, -0.15) is 0 Å². The number of hydrogen-bond acceptors (Lipinski definition) is 4. The summed E-state index contributed by atoms with van der Waals surface area (Å²) in [6.07, 6.45) is 3.26. The van der Waals surface area contributed by atoms with E-state index in [1.54, 1.807) is 7.11 Å². The molecule has 1 aromatic carbocycles. The maximum Gasteiger partial charge on any atom is 0.193 e. The fraction of sp³-hybridized carbons (Fsp3) is 0.667. The van der Waals surface area contributed by atoms with Gasteiger partial charge in [-0.15, -0.1) is 0 Å². The van der Waals surface area contributed by atoms with Gasteiger partial charge in [-0.25, -0.2) is 4.39 Å². The second-order valence-electron chi connectivity index (χ2n) is 7.36. The molecule has 1 aromatic rings. The lowest BCUT2D eigenvalue weighted by Crippen LogP contribution is -2.48. The average molecular weight is 395 g/mol. The van der Waals surface area contributed by atoms with Gasteiger partial charge < -0.3 is 24.6 Å². The van der Waals surface area contributed by atoms with Crippen molar-refractivity contribution in [3.63, 3.8) is 0 Å². The Morgan fingerprint density at radius 2 is 1.93 bits per heavy atom. The highest BCUT2D eigenvalue weighted by Crippen LogP contribution is 2.19. The second-order valence-corrected chi connectivity index (χ2v) is 7.36. The Bertz CT molecular complexity index is 587. The molecule has 0 aliphatic carbocycles. The van der Waals surface area contributed by atoms with E-state index in [0.29, 0.717) is 12.6 Å². The van der Waals surface area contributed by atoms with E-state index < -0.39 is 0 Å². The summed E-state index contributed by atoms with van der Waals surface area (Å²) in [7, 11) is 7.60. The van der Waals surface area contributed by atoms with Gasteiger partial charge >= 0.3 is 0 Å². The summed E-state index contributed by atoms with van der Waals surface area (Å²) in [6.45, 7) is 4.07. The molecule has 158 valence electrons. The molecule has 0 amide bonds. The number of nitrogens with one attached hydrogen (secondary N) is 1. The number of nitrogens with zero attached hydrogens (tertiary/aromatic N) is 3. The molecule has 0 saturated carbocycles. The van der Waals surface area contributed by atoms with Crippen molar-refractivity contribution in [3.05, 3.63) is 35.6 Å². The van der Waals surface area contributed by atoms with E-state index in [0.717, 1.165) is 57.1 Å². The molecule has 0 spiro atoms. The Morgan fingerprint density at radius 1 is 1.25 bits per heavy atom. The lowest BCUT2D eigenvalue weighted by molar-refractivity contribution is 0.00987. The molecule has 0 bridgehead atoms. The molecule has 1 N–H and O–H groups in total. The Kier molecular flexibility index (Phi) is 9.67. The van der Waals surface area contributed by atoms with Gasteiger partial charge in [0.1, 0.15) is 5.82 Å². The lowest BCUT2D eigenvalue weighted by atomic mass is 10.1. The molecule has 1 saturated heterocycles. The summed E-state index contributed by atoms with van der Waals surface area (Å²) in [5.41, 5.74) is 1.08. The zero-order chi connectivity index (χ0) is 20.4. The van der Waals surface area contributed by atoms with Crippen LogP contribution in [0.25, 0.3) is 0 Å². The number of rotatable bonds is 9. The number of hydrogen-bond donors (Lipinski definition) is 1. The molecule has 1 aliphatic heterocycles. The van der Waals surface area contributed by atoms with Crippen LogP contribution in [0.3, 0.4) is 0 Å². The number of ether oxygens (including phenoxy) is 2. The second kappa shape index (κ2) is 12.0. The third kappa shape index (κ3) is 7.04. The minimum atomic E-state index is -0.211. The van der Waals surface area contributed by atoms with Gasteiger partial charge in [-0.1, -0.05) is 12.1 Å². The molecule has 28 heavy (non-hydrogen) atoms. The number of benzene rings is 1. The van der Waals surface area contributed by atoms with Crippen molar-refractivity contribution < 1.29 is 13.9 Å². The van der Waals surface area contributed by atoms with Crippen molar-refractivity contribution in [1.29, 1.82) is 0 Å². The van der Waals surface area contributed by atoms with Crippen LogP contribution >= 0.6 is 0 Å². The largest absolute Gasteiger partial charge is 0.385 e. The summed E-state index contributed by atoms with van der Waals surface area (Å²) in [5, 5.41) is 3.49. The fourth-order valence-corrected chi connectivity index (χ4v) is 3.49. The predicted molar refractivity (Wildman–Crippen MR) is 111 cm³/mol. The van der Waals surface area contributed by atoms with Crippen LogP contribution in [0.4, 0.5) is 4.39 Å². The van der Waals surface area contributed by atoms with Crippen molar-refractivity contribution in [3.8, 4) is 0 Å². The highest BCUT2D eigenvalue weighted by atomic mass is 19.1. The number of halogens is 1. The summed E-state index contributed by atoms with van der Waals surface area (Å²) in [4.78, 5) is 8.87. The maximum atomic E-state index is 13.2. The predicted octanol–water partition coefficient (Wildman–Crippen LogP) is 2.52. The molecule has 1 atom stereocenters. The van der Waals surface area contributed by atoms with E-state index in [2.05, 4.69) is 20.1 Å². The minimum absolute atomic E-state index is 0.138. The van der Waals surface area contributed by atoms with Crippen molar-refractivity contribution in [2.24, 2.45) is 4.99 Å². The van der Waals surface area contributed by atoms with E-state index in [1.807, 2.05) is 33.3 Å². The molecular formula is C21H35FN4O2. The van der Waals surface area contributed by atoms with E-state index >= 15 is 0 Å². The molecule has 7 heteroatoms. The quantitative estimate of drug-likeness (QED) is 0.396. The fourth-order valence-electron chi connectivity index (χ4n) is 3.49. The molecule has 1 aliphatic rings. The molecule has 0 radical (unpaired) electrons. The Labute approximate surface area is 168 Å². The number of methoxy groups -OCH3 is 1. The van der Waals surface area contributed by atoms with Crippen LogP contribution in [0, 0.1) is 5.82 Å². The van der Waals surface area contributed by atoms with Gasteiger partial charge in [0.05, 0.1) is 12.1 Å². The highest BCUT2D eigenvalue weighted by Gasteiger charge is 2.23. The van der Waals surface area contributed by atoms with E-state index in [-0.39, 0.29) is 11.9 Å². The highest BCUT2D eigenvalue weighted by molar-refractivity contribution is 5.80. The standard InChI is InChI=1S/C21H35FN4O2/c1-23-21(26-12-10-19(11-13-26)28-15-5-14-27-4)24-16-20(25(2)3)17-6-8-18(22)9-7-17/h6-9,19-20H,5,10-16H2,1-4H3,(H,23,24). The SMILES string of the molecule is CN=C(NCC(c1ccc(F)cc1)N(C)C)N1CCC(OCCCOC)CC1. The van der Waals surface area contributed by atoms with Crippen molar-refractivity contribution in [2.75, 3.05) is 61.1 Å². The van der Waals surface area contributed by atoms with E-state index in [1.165, 1.54) is 12.1 Å². The van der Waals surface area contributed by atoms with Crippen LogP contribution < -0.4 is 5.32 Å². The van der Waals surface area contributed by atoms with Crippen molar-refractivity contribution in [2.45, 2.75) is 31.4 Å². The lowest BCUT2D eigenvalue weighted by Gasteiger charge is -2.35. The van der Waals surface area contributed by atoms with Crippen LogP contribution in [-0.2, 0) is 9.47 Å². The smallest absolute Gasteiger partial charge is 0.193 e. The molecule has 2 rings (SSSR count). The Morgan fingerprint density at radius 3 is 2.50 bits per heavy atom. The van der Waals surface area contributed by atoms with Gasteiger partial charge in [-0.05, 0) is 51.1 Å². The summed E-state index contributed by atoms with van der Waals surface area (Å²) in [6, 6.07) is 6.85. The number of guanidine groups is 1. The van der Waals surface area contributed by atoms with Gasteiger partial charge in [-0.3, -0.25) is 4.99 Å². The van der Waals surface area contributed by atoms with Crippen LogP contribution in [-0.4, -0.2) is 83.0 Å². The normalized spacial score (nSPS) is 17.2. The first-order valence-electron chi connectivity index (χ1n) is 10.0. The summed E-state index contributed by atoms with van der Waals surface area (Å²) in [5.74, 6) is 0.698. The maximum absolute atomic E-state index is 13.2. The van der Waals surface area contributed by atoms with Crippen LogP contribution in [0.5, 0.6) is 0 Å². The number of likely N-dealkylation sites (N-methyl/N-ethyl adjacent to an activating group) is 1. The Balaban J connectivity index is 1.82. The van der Waals surface area contributed by atoms with Gasteiger partial charge in [0.2, 0.25) is 0 Å². The molecule has 1 unspecified atom stereocenters. The van der Waals surface area contributed by atoms with Gasteiger partial charge in [0, 0.05) is 47.0 Å². The number of likely N-dealkylation sites (tertiary alicyclic amines) is 1. The summed E-state index contributed by atoms with van der Waals surface area (Å²) >= 11 is 0. The first-order valence-corrected chi connectivity index (χ1v) is 10.0. The first kappa shape index (κ1) is 22.6. The molecule has 1 heterocycles. The average Bonchev–Trinajstić information content (AvgIpc) is 2.70. The van der Waals surface area contributed by atoms with Crippen LogP contribution in [0.15, 0.2) is 29.3 Å². The zero-order valence-electron chi connectivity index (χ0n) is 17.7. The number of piperidine rings is 1. The number of aliphatic imine (C=N–C) groups is 1. The minimum Gasteiger partial charge on any atom is -0.385 e. The van der Waals surface area contributed by atoms with E-state index in [4.69, 9.17) is 9.47 Å². The first-order chi connectivity index (χ1) is 13.5. The monoisotopic (exact) mass is 394 g/mol. The van der Waals surface area contributed by atoms with E-state index in [9.17, 15) is 4.39 Å². The van der Waals surface area contributed by atoms with Crippen LogP contribution in [0.1, 0.15) is 30.9 Å².